The molecule has 0 saturated heterocycles. The maximum absolute atomic E-state index is 12.6. The van der Waals surface area contributed by atoms with E-state index < -0.39 is 10.0 Å². The summed E-state index contributed by atoms with van der Waals surface area (Å²) in [6, 6.07) is 3.57. The third-order valence-corrected chi connectivity index (χ3v) is 5.84. The van der Waals surface area contributed by atoms with Crippen LogP contribution in [-0.4, -0.2) is 25.8 Å². The quantitative estimate of drug-likeness (QED) is 0.901. The van der Waals surface area contributed by atoms with Crippen molar-refractivity contribution in [3.05, 3.63) is 28.8 Å². The zero-order valence-corrected chi connectivity index (χ0v) is 13.2. The normalized spacial score (nSPS) is 13.8. The van der Waals surface area contributed by atoms with E-state index in [1.165, 1.54) is 4.31 Å². The molecule has 108 valence electrons. The van der Waals surface area contributed by atoms with E-state index in [4.69, 9.17) is 5.73 Å². The van der Waals surface area contributed by atoms with E-state index >= 15 is 0 Å². The number of nitrogens with zero attached hydrogens (tertiary/aromatic N) is 1. The molecular weight excluding hydrogens is 260 g/mol. The highest BCUT2D eigenvalue weighted by Gasteiger charge is 2.26. The van der Waals surface area contributed by atoms with Crippen molar-refractivity contribution >= 4 is 10.0 Å². The minimum absolute atomic E-state index is 0.0213. The van der Waals surface area contributed by atoms with Crippen molar-refractivity contribution in [1.82, 2.24) is 4.31 Å². The van der Waals surface area contributed by atoms with Gasteiger partial charge in [0.2, 0.25) is 10.0 Å². The van der Waals surface area contributed by atoms with E-state index in [0.29, 0.717) is 11.4 Å². The summed E-state index contributed by atoms with van der Waals surface area (Å²) >= 11 is 0. The number of aryl methyl sites for hydroxylation is 2. The lowest BCUT2D eigenvalue weighted by Gasteiger charge is -2.24. The number of hydrogen-bond donors (Lipinski definition) is 1. The van der Waals surface area contributed by atoms with Crippen LogP contribution in [0, 0.1) is 13.8 Å². The van der Waals surface area contributed by atoms with E-state index in [1.54, 1.807) is 13.1 Å². The van der Waals surface area contributed by atoms with Gasteiger partial charge in [-0.3, -0.25) is 0 Å². The second kappa shape index (κ2) is 6.03. The summed E-state index contributed by atoms with van der Waals surface area (Å²) in [4.78, 5) is 0.362. The molecule has 0 aliphatic carbocycles. The smallest absolute Gasteiger partial charge is 0.243 e. The molecule has 1 atom stereocenters. The standard InChI is InChI=1S/C14H24N2O2S/c1-6-12(4)16(5)19(17,18)14-8-13(9-15)10(2)7-11(14)3/h7-8,12H,6,9,15H2,1-5H3. The molecule has 0 aromatic heterocycles. The van der Waals surface area contributed by atoms with E-state index in [0.717, 1.165) is 23.1 Å². The van der Waals surface area contributed by atoms with Crippen molar-refractivity contribution in [3.8, 4) is 0 Å². The van der Waals surface area contributed by atoms with Crippen molar-refractivity contribution in [2.45, 2.75) is 51.6 Å². The maximum Gasteiger partial charge on any atom is 0.243 e. The highest BCUT2D eigenvalue weighted by molar-refractivity contribution is 7.89. The molecule has 1 aromatic rings. The van der Waals surface area contributed by atoms with Crippen LogP contribution >= 0.6 is 0 Å². The Morgan fingerprint density at radius 2 is 1.84 bits per heavy atom. The third kappa shape index (κ3) is 3.16. The van der Waals surface area contributed by atoms with Gasteiger partial charge in [-0.05, 0) is 49.9 Å². The van der Waals surface area contributed by atoms with Crippen LogP contribution in [-0.2, 0) is 16.6 Å². The molecule has 0 radical (unpaired) electrons. The van der Waals surface area contributed by atoms with E-state index in [1.807, 2.05) is 33.8 Å². The molecule has 5 heteroatoms. The molecule has 2 N–H and O–H groups in total. The summed E-state index contributed by atoms with van der Waals surface area (Å²) in [5.41, 5.74) is 8.34. The molecule has 1 aromatic carbocycles. The molecule has 0 aliphatic rings. The summed E-state index contributed by atoms with van der Waals surface area (Å²) in [6.07, 6.45) is 0.782. The van der Waals surface area contributed by atoms with E-state index in [9.17, 15) is 8.42 Å². The first kappa shape index (κ1) is 16.1. The van der Waals surface area contributed by atoms with Crippen LogP contribution in [0.4, 0.5) is 0 Å². The Morgan fingerprint density at radius 1 is 1.26 bits per heavy atom. The fraction of sp³-hybridized carbons (Fsp3) is 0.571. The lowest BCUT2D eigenvalue weighted by Crippen LogP contribution is -2.35. The highest BCUT2D eigenvalue weighted by Crippen LogP contribution is 2.24. The molecule has 0 spiro atoms. The van der Waals surface area contributed by atoms with Crippen molar-refractivity contribution in [2.75, 3.05) is 7.05 Å². The Hall–Kier alpha value is -0.910. The fourth-order valence-electron chi connectivity index (χ4n) is 2.02. The van der Waals surface area contributed by atoms with Crippen LogP contribution in [0.15, 0.2) is 17.0 Å². The second-order valence-corrected chi connectivity index (χ2v) is 6.99. The van der Waals surface area contributed by atoms with Gasteiger partial charge in [-0.25, -0.2) is 8.42 Å². The van der Waals surface area contributed by atoms with Crippen LogP contribution in [0.1, 0.15) is 37.0 Å². The predicted octanol–water partition coefficient (Wildman–Crippen LogP) is 2.18. The van der Waals surface area contributed by atoms with Crippen LogP contribution in [0.5, 0.6) is 0 Å². The van der Waals surface area contributed by atoms with Gasteiger partial charge in [-0.2, -0.15) is 4.31 Å². The number of sulfonamides is 1. The molecule has 4 nitrogen and oxygen atoms in total. The lowest BCUT2D eigenvalue weighted by molar-refractivity contribution is 0.380. The summed E-state index contributed by atoms with van der Waals surface area (Å²) in [5.74, 6) is 0. The first-order valence-electron chi connectivity index (χ1n) is 6.53. The summed E-state index contributed by atoms with van der Waals surface area (Å²) < 4.78 is 26.7. The Bertz CT molecular complexity index is 553. The molecular formula is C14H24N2O2S. The van der Waals surface area contributed by atoms with Crippen molar-refractivity contribution in [3.63, 3.8) is 0 Å². The monoisotopic (exact) mass is 284 g/mol. The first-order valence-corrected chi connectivity index (χ1v) is 7.97. The average Bonchev–Trinajstić information content (AvgIpc) is 2.36. The molecule has 0 bridgehead atoms. The third-order valence-electron chi connectivity index (χ3n) is 3.72. The molecule has 0 fully saturated rings. The topological polar surface area (TPSA) is 63.4 Å². The molecule has 1 rings (SSSR count). The molecule has 0 saturated carbocycles. The van der Waals surface area contributed by atoms with Gasteiger partial charge in [0.15, 0.2) is 0 Å². The van der Waals surface area contributed by atoms with Gasteiger partial charge in [0, 0.05) is 19.6 Å². The minimum Gasteiger partial charge on any atom is -0.326 e. The van der Waals surface area contributed by atoms with Crippen LogP contribution in [0.3, 0.4) is 0 Å². The zero-order chi connectivity index (χ0) is 14.8. The number of rotatable bonds is 5. The highest BCUT2D eigenvalue weighted by atomic mass is 32.2. The minimum atomic E-state index is -3.45. The second-order valence-electron chi connectivity index (χ2n) is 5.03. The predicted molar refractivity (Wildman–Crippen MR) is 78.5 cm³/mol. The van der Waals surface area contributed by atoms with Crippen molar-refractivity contribution in [1.29, 1.82) is 0 Å². The maximum atomic E-state index is 12.6. The number of nitrogens with two attached hydrogens (primary N) is 1. The van der Waals surface area contributed by atoms with Gasteiger partial charge in [-0.1, -0.05) is 13.0 Å². The fourth-order valence-corrected chi connectivity index (χ4v) is 3.71. The number of benzene rings is 1. The van der Waals surface area contributed by atoms with Crippen LogP contribution < -0.4 is 5.73 Å². The van der Waals surface area contributed by atoms with Gasteiger partial charge in [0.25, 0.3) is 0 Å². The van der Waals surface area contributed by atoms with Gasteiger partial charge in [0.05, 0.1) is 4.90 Å². The lowest BCUT2D eigenvalue weighted by atomic mass is 10.1. The van der Waals surface area contributed by atoms with E-state index in [2.05, 4.69) is 0 Å². The summed E-state index contributed by atoms with van der Waals surface area (Å²) in [7, 11) is -1.82. The van der Waals surface area contributed by atoms with Crippen molar-refractivity contribution < 1.29 is 8.42 Å². The van der Waals surface area contributed by atoms with E-state index in [-0.39, 0.29) is 6.04 Å². The Kier molecular flexibility index (Phi) is 5.12. The first-order chi connectivity index (χ1) is 8.75. The van der Waals surface area contributed by atoms with Gasteiger partial charge in [0.1, 0.15) is 0 Å². The Morgan fingerprint density at radius 3 is 2.32 bits per heavy atom. The van der Waals surface area contributed by atoms with Crippen LogP contribution in [0.25, 0.3) is 0 Å². The summed E-state index contributed by atoms with van der Waals surface area (Å²) in [6.45, 7) is 8.01. The Balaban J connectivity index is 3.36. The average molecular weight is 284 g/mol. The molecule has 19 heavy (non-hydrogen) atoms. The SMILES string of the molecule is CCC(C)N(C)S(=O)(=O)c1cc(CN)c(C)cc1C. The molecule has 0 heterocycles. The van der Waals surface area contributed by atoms with Gasteiger partial charge in [-0.15, -0.1) is 0 Å². The van der Waals surface area contributed by atoms with Gasteiger partial charge < -0.3 is 5.73 Å². The number of hydrogen-bond acceptors (Lipinski definition) is 3. The zero-order valence-electron chi connectivity index (χ0n) is 12.4. The van der Waals surface area contributed by atoms with Crippen LogP contribution in [0.2, 0.25) is 0 Å². The van der Waals surface area contributed by atoms with Crippen molar-refractivity contribution in [2.24, 2.45) is 5.73 Å². The molecule has 1 unspecified atom stereocenters. The summed E-state index contributed by atoms with van der Waals surface area (Å²) in [5, 5.41) is 0. The Labute approximate surface area is 116 Å². The molecule has 0 aliphatic heterocycles. The molecule has 0 amide bonds. The van der Waals surface area contributed by atoms with Gasteiger partial charge >= 0.3 is 0 Å². The largest absolute Gasteiger partial charge is 0.326 e.